The smallest absolute Gasteiger partial charge is 0.121 e. The average molecular weight is 130 g/mol. The van der Waals surface area contributed by atoms with Gasteiger partial charge in [-0.25, -0.2) is 0 Å². The van der Waals surface area contributed by atoms with E-state index in [4.69, 9.17) is 0 Å². The fourth-order valence-corrected chi connectivity index (χ4v) is 0.806. The van der Waals surface area contributed by atoms with Gasteiger partial charge in [0, 0.05) is 0 Å². The van der Waals surface area contributed by atoms with Gasteiger partial charge in [-0.15, -0.1) is 0 Å². The first-order valence-electron chi connectivity index (χ1n) is 2.97. The molecule has 0 atom stereocenters. The summed E-state index contributed by atoms with van der Waals surface area (Å²) >= 11 is 0. The molecule has 0 spiro atoms. The van der Waals surface area contributed by atoms with E-state index in [0.29, 0.717) is 5.75 Å². The highest BCUT2D eigenvalue weighted by molar-refractivity contribution is 5.37. The Kier molecular flexibility index (Phi) is 1.43. The normalized spacial score (nSPS) is 9.56. The Morgan fingerprint density at radius 3 is 1.89 bits per heavy atom. The van der Waals surface area contributed by atoms with Gasteiger partial charge in [0.05, 0.1) is 0 Å². The van der Waals surface area contributed by atoms with Gasteiger partial charge < -0.3 is 5.11 Å². The zero-order valence-corrected chi connectivity index (χ0v) is 5.68. The Hall–Kier alpha value is -0.980. The molecule has 0 aliphatic heterocycles. The Morgan fingerprint density at radius 2 is 1.56 bits per heavy atom. The number of aryl methyl sites for hydroxylation is 2. The Morgan fingerprint density at radius 1 is 1.11 bits per heavy atom. The van der Waals surface area contributed by atoms with Gasteiger partial charge in [0.15, 0.2) is 0 Å². The summed E-state index contributed by atoms with van der Waals surface area (Å²) in [6.45, 7) is 3.78. The highest BCUT2D eigenvalue weighted by Crippen LogP contribution is 2.19. The maximum atomic E-state index is 9.21. The van der Waals surface area contributed by atoms with Gasteiger partial charge in [0.2, 0.25) is 0 Å². The van der Waals surface area contributed by atoms with E-state index < -0.39 is 0 Å². The molecule has 0 aliphatic carbocycles. The van der Waals surface area contributed by atoms with Crippen LogP contribution < -0.4 is 0 Å². The van der Waals surface area contributed by atoms with Crippen LogP contribution in [0.1, 0.15) is 11.1 Å². The lowest BCUT2D eigenvalue weighted by Gasteiger charge is -1.99. The fraction of sp³-hybridized carbons (Fsp3) is 0.250. The molecule has 48 valence electrons. The molecule has 0 radical (unpaired) electrons. The van der Waals surface area contributed by atoms with Crippen LogP contribution in [0.2, 0.25) is 0 Å². The number of rotatable bonds is 0. The summed E-state index contributed by atoms with van der Waals surface area (Å²) < 4.78 is 0. The maximum absolute atomic E-state index is 9.21. The van der Waals surface area contributed by atoms with Crippen LogP contribution in [-0.2, 0) is 0 Å². The third kappa shape index (κ3) is 1.04. The molecule has 1 N–H and O–H groups in total. The molecular weight excluding hydrogens is 120 g/mol. The Bertz CT molecular complexity index is 196. The lowest BCUT2D eigenvalue weighted by Crippen LogP contribution is -1.76. The van der Waals surface area contributed by atoms with Crippen LogP contribution >= 0.6 is 0 Å². The van der Waals surface area contributed by atoms with Crippen molar-refractivity contribution in [2.75, 3.05) is 0 Å². The van der Waals surface area contributed by atoms with Gasteiger partial charge in [0.25, 0.3) is 0 Å². The lowest BCUT2D eigenvalue weighted by molar-refractivity contribution is 0.467. The van der Waals surface area contributed by atoms with E-state index in [0.717, 1.165) is 11.1 Å². The predicted octanol–water partition coefficient (Wildman–Crippen LogP) is 2.01. The second kappa shape index (κ2) is 2.09. The highest BCUT2D eigenvalue weighted by Gasteiger charge is 1.95. The standard InChI is InChI=1S/C8H10O/c1-6-4-3-5-7(2)8(6)9/h3-5,9H,1-2H3/i1+1,2+1,3+1,4+1,5+1,6+1,7+1,8+1. The predicted molar refractivity (Wildman–Crippen MR) is 37.6 cm³/mol. The summed E-state index contributed by atoms with van der Waals surface area (Å²) in [5.74, 6) is 0.414. The lowest BCUT2D eigenvalue weighted by atomic mass is 11.1. The summed E-state index contributed by atoms with van der Waals surface area (Å²) in [4.78, 5) is 0. The second-order valence-corrected chi connectivity index (χ2v) is 2.24. The van der Waals surface area contributed by atoms with E-state index in [-0.39, 0.29) is 0 Å². The first kappa shape index (κ1) is 6.14. The van der Waals surface area contributed by atoms with Crippen LogP contribution in [0.25, 0.3) is 0 Å². The molecule has 0 amide bonds. The zero-order valence-electron chi connectivity index (χ0n) is 5.68. The SMILES string of the molecule is [13CH3][13c]1[13cH][13cH][13cH][13c]([13CH3])[13c]1O. The number of aromatic hydroxyl groups is 1. The Labute approximate surface area is 55.0 Å². The molecule has 1 heteroatoms. The van der Waals surface area contributed by atoms with Crippen molar-refractivity contribution in [2.45, 2.75) is 13.8 Å². The second-order valence-electron chi connectivity index (χ2n) is 2.24. The Balaban J connectivity index is 3.25. The molecule has 0 saturated heterocycles. The molecule has 0 aromatic heterocycles. The third-order valence-corrected chi connectivity index (χ3v) is 1.44. The number of para-hydroxylation sites is 1. The molecule has 0 bridgehead atoms. The van der Waals surface area contributed by atoms with Crippen molar-refractivity contribution in [1.82, 2.24) is 0 Å². The first-order valence-corrected chi connectivity index (χ1v) is 2.97. The van der Waals surface area contributed by atoms with E-state index in [1.165, 1.54) is 0 Å². The zero-order chi connectivity index (χ0) is 6.85. The van der Waals surface area contributed by atoms with Crippen LogP contribution in [0.15, 0.2) is 18.2 Å². The molecule has 0 fully saturated rings. The van der Waals surface area contributed by atoms with Crippen molar-refractivity contribution in [2.24, 2.45) is 0 Å². The molecule has 0 unspecified atom stereocenters. The van der Waals surface area contributed by atoms with E-state index in [2.05, 4.69) is 0 Å². The van der Waals surface area contributed by atoms with Gasteiger partial charge in [0.1, 0.15) is 5.75 Å². The number of hydrogen-bond acceptors (Lipinski definition) is 1. The van der Waals surface area contributed by atoms with Crippen LogP contribution in [0.4, 0.5) is 0 Å². The summed E-state index contributed by atoms with van der Waals surface area (Å²) in [5, 5.41) is 9.21. The first-order chi connectivity index (χ1) is 4.22. The molecule has 1 nitrogen and oxygen atoms in total. The largest absolute Gasteiger partial charge is 0.507 e. The third-order valence-electron chi connectivity index (χ3n) is 1.44. The van der Waals surface area contributed by atoms with Gasteiger partial charge in [-0.2, -0.15) is 0 Å². The van der Waals surface area contributed by atoms with Crippen molar-refractivity contribution in [3.8, 4) is 5.75 Å². The minimum atomic E-state index is 0.414. The fourth-order valence-electron chi connectivity index (χ4n) is 0.806. The van der Waals surface area contributed by atoms with Crippen molar-refractivity contribution >= 4 is 0 Å². The summed E-state index contributed by atoms with van der Waals surface area (Å²) in [6, 6.07) is 5.72. The maximum Gasteiger partial charge on any atom is 0.121 e. The van der Waals surface area contributed by atoms with Crippen molar-refractivity contribution in [3.63, 3.8) is 0 Å². The van der Waals surface area contributed by atoms with Crippen LogP contribution in [0.3, 0.4) is 0 Å². The molecule has 0 saturated carbocycles. The van der Waals surface area contributed by atoms with E-state index in [1.807, 2.05) is 32.0 Å². The molecule has 1 aromatic carbocycles. The number of hydrogen-bond donors (Lipinski definition) is 1. The highest BCUT2D eigenvalue weighted by atomic mass is 16.3. The minimum Gasteiger partial charge on any atom is -0.507 e. The molecular formula is C8H10O. The van der Waals surface area contributed by atoms with Crippen LogP contribution in [-0.4, -0.2) is 5.11 Å². The van der Waals surface area contributed by atoms with E-state index in [1.54, 1.807) is 0 Å². The van der Waals surface area contributed by atoms with Crippen molar-refractivity contribution < 1.29 is 5.11 Å². The number of phenols is 1. The summed E-state index contributed by atoms with van der Waals surface area (Å²) in [5.41, 5.74) is 1.88. The van der Waals surface area contributed by atoms with Crippen LogP contribution in [0, 0.1) is 13.8 Å². The van der Waals surface area contributed by atoms with Gasteiger partial charge in [-0.05, 0) is 25.0 Å². The summed E-state index contributed by atoms with van der Waals surface area (Å²) in [6.07, 6.45) is 0. The monoisotopic (exact) mass is 130 g/mol. The van der Waals surface area contributed by atoms with E-state index >= 15 is 0 Å². The van der Waals surface area contributed by atoms with E-state index in [9.17, 15) is 5.11 Å². The molecule has 1 aromatic rings. The van der Waals surface area contributed by atoms with Crippen molar-refractivity contribution in [3.05, 3.63) is 29.3 Å². The molecule has 9 heavy (non-hydrogen) atoms. The van der Waals surface area contributed by atoms with Crippen molar-refractivity contribution in [1.29, 1.82) is 0 Å². The van der Waals surface area contributed by atoms with Gasteiger partial charge >= 0.3 is 0 Å². The average Bonchev–Trinajstić information content (AvgIpc) is 1.83. The molecule has 1 rings (SSSR count). The topological polar surface area (TPSA) is 20.2 Å². The van der Waals surface area contributed by atoms with Gasteiger partial charge in [-0.3, -0.25) is 0 Å². The summed E-state index contributed by atoms with van der Waals surface area (Å²) in [7, 11) is 0. The molecule has 0 aliphatic rings. The quantitative estimate of drug-likeness (QED) is 0.532. The van der Waals surface area contributed by atoms with Gasteiger partial charge in [-0.1, -0.05) is 18.2 Å². The number of phenolic OH excluding ortho intramolecular Hbond substituents is 1. The number of benzene rings is 1. The molecule has 0 heterocycles. The minimum absolute atomic E-state index is 0.414. The van der Waals surface area contributed by atoms with Crippen LogP contribution in [0.5, 0.6) is 5.75 Å².